The molecule has 5 aromatic carbocycles. The average Bonchev–Trinajstić information content (AvgIpc) is 3.08. The topological polar surface area (TPSA) is 0 Å². The molecule has 0 heteroatoms. The van der Waals surface area contributed by atoms with E-state index in [1.54, 1.807) is 0 Å². The van der Waals surface area contributed by atoms with Crippen LogP contribution in [-0.2, 0) is 12.8 Å². The number of fused-ring (bicyclic) bond motifs is 1. The number of hydrogen-bond acceptors (Lipinski definition) is 0. The van der Waals surface area contributed by atoms with Crippen LogP contribution < -0.4 is 0 Å². The van der Waals surface area contributed by atoms with Crippen molar-refractivity contribution < 1.29 is 0 Å². The predicted octanol–water partition coefficient (Wildman–Crippen LogP) is 13.7. The predicted molar refractivity (Wildman–Crippen MR) is 198 cm³/mol. The summed E-state index contributed by atoms with van der Waals surface area (Å²) in [5.74, 6) is 0.935. The Hall–Kier alpha value is -3.64. The molecule has 0 fully saturated rings. The SMILES string of the molecule is CCC(C)CC.CCCCCCC.Cc1cccc(-c2cc(CCc3ccccc3)c3c(-c4ccccc4)cccc3c2)c1. The third-order valence-corrected chi connectivity index (χ3v) is 8.62. The molecule has 0 aliphatic rings. The molecule has 0 aromatic heterocycles. The van der Waals surface area contributed by atoms with Gasteiger partial charge >= 0.3 is 0 Å². The van der Waals surface area contributed by atoms with Crippen molar-refractivity contribution in [3.63, 3.8) is 0 Å². The second-order valence-electron chi connectivity index (χ2n) is 12.2. The van der Waals surface area contributed by atoms with E-state index in [9.17, 15) is 0 Å². The summed E-state index contributed by atoms with van der Waals surface area (Å²) in [7, 11) is 0. The fraction of sp³-hybridized carbons (Fsp3) is 0.364. The van der Waals surface area contributed by atoms with Crippen LogP contribution in [0.2, 0.25) is 0 Å². The quantitative estimate of drug-likeness (QED) is 0.135. The Kier molecular flexibility index (Phi) is 15.5. The van der Waals surface area contributed by atoms with Crippen LogP contribution in [0.3, 0.4) is 0 Å². The number of rotatable bonds is 11. The Morgan fingerprint density at radius 2 is 1.14 bits per heavy atom. The molecule has 0 N–H and O–H groups in total. The second-order valence-corrected chi connectivity index (χ2v) is 12.2. The largest absolute Gasteiger partial charge is 0.0654 e. The third-order valence-electron chi connectivity index (χ3n) is 8.62. The second kappa shape index (κ2) is 19.6. The van der Waals surface area contributed by atoms with Crippen molar-refractivity contribution in [1.82, 2.24) is 0 Å². The van der Waals surface area contributed by atoms with Gasteiger partial charge in [0.1, 0.15) is 0 Å². The smallest absolute Gasteiger partial charge is 0.00728 e. The third kappa shape index (κ3) is 11.1. The zero-order valence-electron chi connectivity index (χ0n) is 28.4. The Labute approximate surface area is 269 Å². The normalized spacial score (nSPS) is 10.6. The fourth-order valence-corrected chi connectivity index (χ4v) is 5.45. The highest BCUT2D eigenvalue weighted by Crippen LogP contribution is 2.35. The van der Waals surface area contributed by atoms with Crippen molar-refractivity contribution in [2.45, 2.75) is 99.3 Å². The Bertz CT molecular complexity index is 1470. The summed E-state index contributed by atoms with van der Waals surface area (Å²) in [6, 6.07) is 41.8. The van der Waals surface area contributed by atoms with Gasteiger partial charge in [-0.3, -0.25) is 0 Å². The zero-order chi connectivity index (χ0) is 31.6. The van der Waals surface area contributed by atoms with Crippen LogP contribution in [0.4, 0.5) is 0 Å². The maximum Gasteiger partial charge on any atom is -0.00728 e. The van der Waals surface area contributed by atoms with Crippen molar-refractivity contribution in [3.05, 3.63) is 132 Å². The summed E-state index contributed by atoms with van der Waals surface area (Å²) in [5, 5.41) is 2.68. The van der Waals surface area contributed by atoms with Gasteiger partial charge in [-0.25, -0.2) is 0 Å². The molecular formula is C44H56. The molecule has 0 amide bonds. The van der Waals surface area contributed by atoms with Gasteiger partial charge in [0.05, 0.1) is 0 Å². The summed E-state index contributed by atoms with van der Waals surface area (Å²) < 4.78 is 0. The molecule has 0 saturated heterocycles. The monoisotopic (exact) mass is 584 g/mol. The first-order valence-electron chi connectivity index (χ1n) is 17.2. The van der Waals surface area contributed by atoms with Gasteiger partial charge in [0.15, 0.2) is 0 Å². The van der Waals surface area contributed by atoms with Gasteiger partial charge in [-0.05, 0) is 75.9 Å². The molecule has 0 bridgehead atoms. The lowest BCUT2D eigenvalue weighted by Crippen LogP contribution is -1.96. The minimum Gasteiger partial charge on any atom is -0.0654 e. The first kappa shape index (κ1) is 34.8. The van der Waals surface area contributed by atoms with E-state index < -0.39 is 0 Å². The Morgan fingerprint density at radius 1 is 0.523 bits per heavy atom. The molecule has 0 aliphatic carbocycles. The standard InChI is InChI=1S/C31H26.C7H16.C6H14/c1-23-10-8-15-26(20-23)29-21-27-16-9-17-30(25-13-6-3-7-14-25)31(27)28(22-29)19-18-24-11-4-2-5-12-24;1-3-5-7-6-4-2;1-4-6(3)5-2/h2-17,20-22H,18-19H2,1H3;3-7H2,1-2H3;6H,4-5H2,1-3H3. The van der Waals surface area contributed by atoms with E-state index in [0.717, 1.165) is 18.8 Å². The average molecular weight is 585 g/mol. The summed E-state index contributed by atoms with van der Waals surface area (Å²) >= 11 is 0. The van der Waals surface area contributed by atoms with E-state index in [0.29, 0.717) is 0 Å². The van der Waals surface area contributed by atoms with Crippen LogP contribution in [0.25, 0.3) is 33.0 Å². The van der Waals surface area contributed by atoms with E-state index >= 15 is 0 Å². The molecule has 0 spiro atoms. The van der Waals surface area contributed by atoms with Crippen molar-refractivity contribution in [2.24, 2.45) is 5.92 Å². The highest BCUT2D eigenvalue weighted by atomic mass is 14.2. The molecule has 5 rings (SSSR count). The van der Waals surface area contributed by atoms with Crippen molar-refractivity contribution in [2.75, 3.05) is 0 Å². The maximum atomic E-state index is 2.41. The number of aryl methyl sites for hydroxylation is 3. The lowest BCUT2D eigenvalue weighted by molar-refractivity contribution is 0.544. The molecule has 5 aromatic rings. The van der Waals surface area contributed by atoms with Crippen LogP contribution in [-0.4, -0.2) is 0 Å². The van der Waals surface area contributed by atoms with E-state index in [1.165, 1.54) is 94.7 Å². The summed E-state index contributed by atoms with van der Waals surface area (Å²) in [6.45, 7) is 13.4. The minimum atomic E-state index is 0.935. The van der Waals surface area contributed by atoms with Gasteiger partial charge < -0.3 is 0 Å². The van der Waals surface area contributed by atoms with E-state index in [1.807, 2.05) is 0 Å². The van der Waals surface area contributed by atoms with Crippen molar-refractivity contribution in [3.8, 4) is 22.3 Å². The van der Waals surface area contributed by atoms with E-state index in [-0.39, 0.29) is 0 Å². The van der Waals surface area contributed by atoms with Gasteiger partial charge in [0.2, 0.25) is 0 Å². The lowest BCUT2D eigenvalue weighted by Gasteiger charge is -2.15. The molecule has 0 radical (unpaired) electrons. The molecule has 44 heavy (non-hydrogen) atoms. The highest BCUT2D eigenvalue weighted by Gasteiger charge is 2.12. The number of unbranched alkanes of at least 4 members (excludes halogenated alkanes) is 4. The van der Waals surface area contributed by atoms with Gasteiger partial charge in [0.25, 0.3) is 0 Å². The van der Waals surface area contributed by atoms with Gasteiger partial charge in [-0.2, -0.15) is 0 Å². The van der Waals surface area contributed by atoms with Crippen LogP contribution in [0.1, 0.15) is 96.3 Å². The number of hydrogen-bond donors (Lipinski definition) is 0. The van der Waals surface area contributed by atoms with Gasteiger partial charge in [-0.1, -0.05) is 194 Å². The van der Waals surface area contributed by atoms with Crippen LogP contribution in [0, 0.1) is 12.8 Å². The molecule has 0 aliphatic heterocycles. The molecule has 0 atom stereocenters. The Balaban J connectivity index is 0.000000343. The first-order chi connectivity index (χ1) is 21.5. The highest BCUT2D eigenvalue weighted by molar-refractivity contribution is 6.01. The molecule has 0 heterocycles. The fourth-order valence-electron chi connectivity index (χ4n) is 5.45. The number of benzene rings is 5. The first-order valence-corrected chi connectivity index (χ1v) is 17.2. The van der Waals surface area contributed by atoms with Crippen LogP contribution in [0.5, 0.6) is 0 Å². The molecule has 0 saturated carbocycles. The van der Waals surface area contributed by atoms with E-state index in [4.69, 9.17) is 0 Å². The van der Waals surface area contributed by atoms with E-state index in [2.05, 4.69) is 157 Å². The van der Waals surface area contributed by atoms with Crippen molar-refractivity contribution in [1.29, 1.82) is 0 Å². The van der Waals surface area contributed by atoms with Crippen LogP contribution in [0.15, 0.2) is 115 Å². The molecule has 232 valence electrons. The summed E-state index contributed by atoms with van der Waals surface area (Å²) in [6.07, 6.45) is 11.7. The zero-order valence-corrected chi connectivity index (χ0v) is 28.4. The molecular weight excluding hydrogens is 528 g/mol. The van der Waals surface area contributed by atoms with Crippen LogP contribution >= 0.6 is 0 Å². The minimum absolute atomic E-state index is 0.935. The van der Waals surface area contributed by atoms with Crippen molar-refractivity contribution >= 4 is 10.8 Å². The molecule has 0 unspecified atom stereocenters. The molecule has 0 nitrogen and oxygen atoms in total. The lowest BCUT2D eigenvalue weighted by atomic mass is 9.89. The summed E-state index contributed by atoms with van der Waals surface area (Å²) in [4.78, 5) is 0. The van der Waals surface area contributed by atoms with Gasteiger partial charge in [0, 0.05) is 0 Å². The maximum absolute atomic E-state index is 2.41. The Morgan fingerprint density at radius 3 is 1.73 bits per heavy atom. The summed E-state index contributed by atoms with van der Waals surface area (Å²) in [5.41, 5.74) is 9.26. The van der Waals surface area contributed by atoms with Gasteiger partial charge in [-0.15, -0.1) is 0 Å².